The molecule has 1 fully saturated rings. The number of hydrogen-bond donors (Lipinski definition) is 1. The Labute approximate surface area is 85.1 Å². The molecule has 0 unspecified atom stereocenters. The lowest BCUT2D eigenvalue weighted by atomic mass is 10.2. The molecule has 1 N–H and O–H groups in total. The van der Waals surface area contributed by atoms with E-state index in [1.54, 1.807) is 0 Å². The van der Waals surface area contributed by atoms with Crippen LogP contribution in [0.5, 0.6) is 0 Å². The van der Waals surface area contributed by atoms with Gasteiger partial charge in [-0.05, 0) is 37.7 Å². The Bertz CT molecular complexity index is 273. The molecule has 0 aromatic carbocycles. The first-order chi connectivity index (χ1) is 6.84. The van der Waals surface area contributed by atoms with Gasteiger partial charge in [-0.1, -0.05) is 0 Å². The van der Waals surface area contributed by atoms with E-state index in [-0.39, 0.29) is 0 Å². The molecule has 1 aromatic rings. The van der Waals surface area contributed by atoms with E-state index in [1.807, 2.05) is 12.4 Å². The highest BCUT2D eigenvalue weighted by atomic mass is 15.2. The summed E-state index contributed by atoms with van der Waals surface area (Å²) >= 11 is 0. The van der Waals surface area contributed by atoms with Gasteiger partial charge >= 0.3 is 0 Å². The monoisotopic (exact) mass is 191 g/mol. The van der Waals surface area contributed by atoms with Crippen LogP contribution in [0.3, 0.4) is 0 Å². The number of likely N-dealkylation sites (tertiary alicyclic amines) is 1. The van der Waals surface area contributed by atoms with Crippen LogP contribution in [0.4, 0.5) is 0 Å². The third-order valence-corrected chi connectivity index (χ3v) is 2.74. The molecule has 1 saturated heterocycles. The van der Waals surface area contributed by atoms with Crippen molar-refractivity contribution in [1.82, 2.24) is 15.2 Å². The van der Waals surface area contributed by atoms with Gasteiger partial charge in [-0.3, -0.25) is 4.98 Å². The summed E-state index contributed by atoms with van der Waals surface area (Å²) in [5, 5.41) is 3.56. The van der Waals surface area contributed by atoms with Gasteiger partial charge in [-0.2, -0.15) is 0 Å². The highest BCUT2D eigenvalue weighted by Gasteiger charge is 2.18. The van der Waals surface area contributed by atoms with Crippen molar-refractivity contribution < 1.29 is 0 Å². The molecule has 2 heterocycles. The van der Waals surface area contributed by atoms with E-state index >= 15 is 0 Å². The van der Waals surface area contributed by atoms with E-state index in [4.69, 9.17) is 0 Å². The average molecular weight is 191 g/mol. The van der Waals surface area contributed by atoms with Crippen LogP contribution in [0, 0.1) is 0 Å². The zero-order chi connectivity index (χ0) is 9.80. The topological polar surface area (TPSA) is 28.2 Å². The molecular formula is C11H17N3. The largest absolute Gasteiger partial charge is 0.309 e. The molecular weight excluding hydrogens is 174 g/mol. The molecule has 0 bridgehead atoms. The van der Waals surface area contributed by atoms with E-state index in [0.29, 0.717) is 6.04 Å². The third kappa shape index (κ3) is 2.53. The smallest absolute Gasteiger partial charge is 0.0271 e. The number of pyridine rings is 1. The Hall–Kier alpha value is -0.930. The van der Waals surface area contributed by atoms with Crippen molar-refractivity contribution in [2.45, 2.75) is 19.0 Å². The summed E-state index contributed by atoms with van der Waals surface area (Å²) in [5.74, 6) is 0. The lowest BCUT2D eigenvalue weighted by Crippen LogP contribution is -2.30. The second-order valence-electron chi connectivity index (χ2n) is 3.98. The summed E-state index contributed by atoms with van der Waals surface area (Å²) in [6.07, 6.45) is 4.96. The first-order valence-electron chi connectivity index (χ1n) is 5.15. The van der Waals surface area contributed by atoms with Crippen LogP contribution in [0.25, 0.3) is 0 Å². The maximum absolute atomic E-state index is 4.00. The lowest BCUT2D eigenvalue weighted by Gasteiger charge is -2.12. The van der Waals surface area contributed by atoms with Crippen LogP contribution < -0.4 is 5.32 Å². The number of aromatic nitrogens is 1. The minimum Gasteiger partial charge on any atom is -0.309 e. The van der Waals surface area contributed by atoms with Gasteiger partial charge in [0.1, 0.15) is 0 Å². The molecule has 0 aliphatic carbocycles. The van der Waals surface area contributed by atoms with E-state index in [9.17, 15) is 0 Å². The summed E-state index contributed by atoms with van der Waals surface area (Å²) in [4.78, 5) is 6.37. The maximum atomic E-state index is 4.00. The maximum Gasteiger partial charge on any atom is 0.0271 e. The predicted octanol–water partition coefficient (Wildman–Crippen LogP) is 0.875. The quantitative estimate of drug-likeness (QED) is 0.768. The predicted molar refractivity (Wildman–Crippen MR) is 57.0 cm³/mol. The third-order valence-electron chi connectivity index (χ3n) is 2.74. The summed E-state index contributed by atoms with van der Waals surface area (Å²) in [5.41, 5.74) is 1.31. The van der Waals surface area contributed by atoms with Crippen molar-refractivity contribution in [1.29, 1.82) is 0 Å². The Morgan fingerprint density at radius 3 is 2.93 bits per heavy atom. The van der Waals surface area contributed by atoms with Crippen molar-refractivity contribution in [3.05, 3.63) is 30.1 Å². The van der Waals surface area contributed by atoms with Crippen molar-refractivity contribution >= 4 is 0 Å². The number of rotatable bonds is 3. The van der Waals surface area contributed by atoms with Gasteiger partial charge in [0.05, 0.1) is 0 Å². The van der Waals surface area contributed by atoms with Gasteiger partial charge in [0.15, 0.2) is 0 Å². The molecule has 1 aliphatic rings. The fraction of sp³-hybridized carbons (Fsp3) is 0.545. The Kier molecular flexibility index (Phi) is 3.11. The zero-order valence-electron chi connectivity index (χ0n) is 8.61. The number of nitrogens with zero attached hydrogens (tertiary/aromatic N) is 2. The Balaban J connectivity index is 1.78. The van der Waals surface area contributed by atoms with Gasteiger partial charge in [0, 0.05) is 31.5 Å². The van der Waals surface area contributed by atoms with Crippen LogP contribution in [0.15, 0.2) is 24.5 Å². The summed E-state index contributed by atoms with van der Waals surface area (Å²) in [6, 6.07) is 4.78. The van der Waals surface area contributed by atoms with E-state index in [0.717, 1.165) is 6.54 Å². The van der Waals surface area contributed by atoms with Gasteiger partial charge < -0.3 is 10.2 Å². The molecule has 0 saturated carbocycles. The zero-order valence-corrected chi connectivity index (χ0v) is 8.61. The Morgan fingerprint density at radius 2 is 2.29 bits per heavy atom. The SMILES string of the molecule is CN1CC[C@H](NCc2ccncc2)C1. The second kappa shape index (κ2) is 4.53. The molecule has 3 nitrogen and oxygen atoms in total. The summed E-state index contributed by atoms with van der Waals surface area (Å²) in [6.45, 7) is 3.35. The molecule has 1 aliphatic heterocycles. The van der Waals surface area contributed by atoms with E-state index in [1.165, 1.54) is 25.1 Å². The van der Waals surface area contributed by atoms with Gasteiger partial charge in [-0.25, -0.2) is 0 Å². The van der Waals surface area contributed by atoms with Crippen LogP contribution >= 0.6 is 0 Å². The summed E-state index contributed by atoms with van der Waals surface area (Å²) in [7, 11) is 2.17. The Morgan fingerprint density at radius 1 is 1.50 bits per heavy atom. The van der Waals surface area contributed by atoms with Crippen molar-refractivity contribution in [3.63, 3.8) is 0 Å². The average Bonchev–Trinajstić information content (AvgIpc) is 2.63. The second-order valence-corrected chi connectivity index (χ2v) is 3.98. The molecule has 0 radical (unpaired) electrons. The normalized spacial score (nSPS) is 22.8. The number of likely N-dealkylation sites (N-methyl/N-ethyl adjacent to an activating group) is 1. The van der Waals surface area contributed by atoms with Crippen molar-refractivity contribution in [3.8, 4) is 0 Å². The number of nitrogens with one attached hydrogen (secondary N) is 1. The molecule has 2 rings (SSSR count). The van der Waals surface area contributed by atoms with E-state index in [2.05, 4.69) is 34.4 Å². The minimum absolute atomic E-state index is 0.660. The van der Waals surface area contributed by atoms with Crippen LogP contribution in [0.2, 0.25) is 0 Å². The van der Waals surface area contributed by atoms with Crippen LogP contribution in [0.1, 0.15) is 12.0 Å². The van der Waals surface area contributed by atoms with Gasteiger partial charge in [0.2, 0.25) is 0 Å². The van der Waals surface area contributed by atoms with Crippen molar-refractivity contribution in [2.75, 3.05) is 20.1 Å². The molecule has 3 heteroatoms. The minimum atomic E-state index is 0.660. The van der Waals surface area contributed by atoms with Crippen molar-refractivity contribution in [2.24, 2.45) is 0 Å². The van der Waals surface area contributed by atoms with Crippen LogP contribution in [-0.4, -0.2) is 36.1 Å². The van der Waals surface area contributed by atoms with Crippen LogP contribution in [-0.2, 0) is 6.54 Å². The number of hydrogen-bond acceptors (Lipinski definition) is 3. The molecule has 76 valence electrons. The molecule has 0 amide bonds. The van der Waals surface area contributed by atoms with Gasteiger partial charge in [-0.15, -0.1) is 0 Å². The fourth-order valence-electron chi connectivity index (χ4n) is 1.86. The molecule has 0 spiro atoms. The standard InChI is InChI=1S/C11H17N3/c1-14-7-4-11(9-14)13-8-10-2-5-12-6-3-10/h2-3,5-6,11,13H,4,7-9H2,1H3/t11-/m0/s1. The van der Waals surface area contributed by atoms with E-state index < -0.39 is 0 Å². The van der Waals surface area contributed by atoms with Gasteiger partial charge in [0.25, 0.3) is 0 Å². The first-order valence-corrected chi connectivity index (χ1v) is 5.15. The molecule has 1 atom stereocenters. The first kappa shape index (κ1) is 9.62. The lowest BCUT2D eigenvalue weighted by molar-refractivity contribution is 0.397. The fourth-order valence-corrected chi connectivity index (χ4v) is 1.86. The highest BCUT2D eigenvalue weighted by Crippen LogP contribution is 2.07. The highest BCUT2D eigenvalue weighted by molar-refractivity contribution is 5.09. The molecule has 1 aromatic heterocycles. The summed E-state index contributed by atoms with van der Waals surface area (Å²) < 4.78 is 0. The molecule has 14 heavy (non-hydrogen) atoms.